The highest BCUT2D eigenvalue weighted by Gasteiger charge is 2.30. The Hall–Kier alpha value is -4.20. The van der Waals surface area contributed by atoms with Crippen LogP contribution >= 0.6 is 0 Å². The van der Waals surface area contributed by atoms with E-state index in [9.17, 15) is 13.2 Å². The first-order valence-corrected chi connectivity index (χ1v) is 11.6. The van der Waals surface area contributed by atoms with Gasteiger partial charge in [0.1, 0.15) is 18.1 Å². The number of alkyl halides is 3. The smallest absolute Gasteiger partial charge is 0.416 e. The molecule has 0 atom stereocenters. The quantitative estimate of drug-likeness (QED) is 0.184. The maximum atomic E-state index is 13.0. The van der Waals surface area contributed by atoms with E-state index in [2.05, 4.69) is 9.72 Å². The number of aromatic nitrogens is 1. The maximum absolute atomic E-state index is 13.0. The van der Waals surface area contributed by atoms with Crippen molar-refractivity contribution in [1.82, 2.24) is 4.57 Å². The van der Waals surface area contributed by atoms with Crippen LogP contribution in [0.4, 0.5) is 13.2 Å². The van der Waals surface area contributed by atoms with Crippen LogP contribution in [0.3, 0.4) is 0 Å². The molecule has 1 aromatic heterocycles. The topological polar surface area (TPSA) is 45.0 Å². The summed E-state index contributed by atoms with van der Waals surface area (Å²) in [7, 11) is 3.24. The molecule has 4 rings (SSSR count). The molecule has 0 fully saturated rings. The first-order valence-electron chi connectivity index (χ1n) is 11.6. The van der Waals surface area contributed by atoms with Crippen molar-refractivity contribution in [3.05, 3.63) is 101 Å². The largest absolute Gasteiger partial charge is 0.497 e. The lowest BCUT2D eigenvalue weighted by Gasteiger charge is -2.14. The zero-order chi connectivity index (χ0) is 26.6. The molecule has 0 bridgehead atoms. The Morgan fingerprint density at radius 3 is 2.24 bits per heavy atom. The Labute approximate surface area is 213 Å². The van der Waals surface area contributed by atoms with Gasteiger partial charge in [0.2, 0.25) is 0 Å². The standard InChI is InChI=1S/C29H27F3N2O3/c1-19(33-37-18-21-7-5-8-23(15-21)29(30,31)32)27-17-28(22-11-13-25(35-3)14-12-22)34(20(27)2)24-9-6-10-26(16-24)36-4/h5-17H,18H2,1-4H3/b33-19-. The van der Waals surface area contributed by atoms with Crippen LogP contribution in [-0.4, -0.2) is 24.5 Å². The molecular formula is C29H27F3N2O3. The third-order valence-corrected chi connectivity index (χ3v) is 6.02. The number of hydrogen-bond donors (Lipinski definition) is 0. The molecule has 0 radical (unpaired) electrons. The molecule has 1 heterocycles. The molecule has 37 heavy (non-hydrogen) atoms. The van der Waals surface area contributed by atoms with Crippen molar-refractivity contribution in [3.63, 3.8) is 0 Å². The van der Waals surface area contributed by atoms with Crippen LogP contribution in [0.1, 0.15) is 29.3 Å². The van der Waals surface area contributed by atoms with Gasteiger partial charge in [-0.2, -0.15) is 13.2 Å². The Balaban J connectivity index is 1.69. The third-order valence-electron chi connectivity index (χ3n) is 6.02. The summed E-state index contributed by atoms with van der Waals surface area (Å²) < 4.78 is 51.9. The van der Waals surface area contributed by atoms with Gasteiger partial charge in [0, 0.05) is 23.0 Å². The SMILES string of the molecule is COc1ccc(-c2cc(/C(C)=N\OCc3cccc(C(F)(F)F)c3)c(C)n2-c2cccc(OC)c2)cc1. The van der Waals surface area contributed by atoms with Crippen molar-refractivity contribution in [1.29, 1.82) is 0 Å². The maximum Gasteiger partial charge on any atom is 0.416 e. The highest BCUT2D eigenvalue weighted by molar-refractivity contribution is 6.01. The number of benzene rings is 3. The van der Waals surface area contributed by atoms with Gasteiger partial charge < -0.3 is 18.9 Å². The summed E-state index contributed by atoms with van der Waals surface area (Å²) >= 11 is 0. The predicted molar refractivity (Wildman–Crippen MR) is 137 cm³/mol. The van der Waals surface area contributed by atoms with E-state index in [0.717, 1.165) is 51.8 Å². The van der Waals surface area contributed by atoms with Crippen molar-refractivity contribution in [2.45, 2.75) is 26.6 Å². The predicted octanol–water partition coefficient (Wildman–Crippen LogP) is 7.43. The molecule has 4 aromatic rings. The first kappa shape index (κ1) is 25.9. The van der Waals surface area contributed by atoms with Crippen LogP contribution in [-0.2, 0) is 17.6 Å². The minimum atomic E-state index is -4.41. The summed E-state index contributed by atoms with van der Waals surface area (Å²) in [5.41, 5.74) is 4.83. The summed E-state index contributed by atoms with van der Waals surface area (Å²) in [6, 6.07) is 22.5. The second-order valence-electron chi connectivity index (χ2n) is 8.44. The van der Waals surface area contributed by atoms with Crippen LogP contribution in [0.5, 0.6) is 11.5 Å². The molecule has 0 aliphatic carbocycles. The van der Waals surface area contributed by atoms with Gasteiger partial charge in [-0.1, -0.05) is 23.4 Å². The molecule has 0 aliphatic rings. The zero-order valence-corrected chi connectivity index (χ0v) is 21.0. The summed E-state index contributed by atoms with van der Waals surface area (Å²) in [4.78, 5) is 5.46. The number of methoxy groups -OCH3 is 2. The van der Waals surface area contributed by atoms with E-state index in [1.54, 1.807) is 20.3 Å². The Bertz CT molecular complexity index is 1410. The average molecular weight is 509 g/mol. The summed E-state index contributed by atoms with van der Waals surface area (Å²) in [5.74, 6) is 1.48. The van der Waals surface area contributed by atoms with E-state index in [1.807, 2.05) is 68.4 Å². The van der Waals surface area contributed by atoms with E-state index in [4.69, 9.17) is 14.3 Å². The second kappa shape index (κ2) is 10.8. The normalized spacial score (nSPS) is 11.9. The molecule has 3 aromatic carbocycles. The molecule has 0 unspecified atom stereocenters. The summed E-state index contributed by atoms with van der Waals surface area (Å²) in [5, 5.41) is 4.22. The fourth-order valence-corrected chi connectivity index (χ4v) is 4.12. The number of oxime groups is 1. The molecule has 0 aliphatic heterocycles. The lowest BCUT2D eigenvalue weighted by atomic mass is 10.1. The number of nitrogens with zero attached hydrogens (tertiary/aromatic N) is 2. The van der Waals surface area contributed by atoms with Crippen molar-refractivity contribution in [2.75, 3.05) is 14.2 Å². The van der Waals surface area contributed by atoms with E-state index in [-0.39, 0.29) is 6.61 Å². The Kier molecular flexibility index (Phi) is 7.57. The lowest BCUT2D eigenvalue weighted by molar-refractivity contribution is -0.137. The van der Waals surface area contributed by atoms with Crippen LogP contribution in [0.2, 0.25) is 0 Å². The van der Waals surface area contributed by atoms with E-state index < -0.39 is 11.7 Å². The number of halogens is 3. The lowest BCUT2D eigenvalue weighted by Crippen LogP contribution is -2.05. The van der Waals surface area contributed by atoms with Crippen molar-refractivity contribution in [3.8, 4) is 28.4 Å². The Morgan fingerprint density at radius 1 is 0.865 bits per heavy atom. The minimum absolute atomic E-state index is 0.0811. The van der Waals surface area contributed by atoms with Gasteiger partial charge in [0.15, 0.2) is 0 Å². The molecule has 192 valence electrons. The second-order valence-corrected chi connectivity index (χ2v) is 8.44. The third kappa shape index (κ3) is 5.80. The van der Waals surface area contributed by atoms with E-state index in [1.165, 1.54) is 6.07 Å². The molecular weight excluding hydrogens is 481 g/mol. The van der Waals surface area contributed by atoms with Crippen LogP contribution < -0.4 is 9.47 Å². The fourth-order valence-electron chi connectivity index (χ4n) is 4.12. The van der Waals surface area contributed by atoms with Gasteiger partial charge in [-0.15, -0.1) is 0 Å². The zero-order valence-electron chi connectivity index (χ0n) is 21.0. The van der Waals surface area contributed by atoms with Crippen LogP contribution in [0.15, 0.2) is 84.0 Å². The Morgan fingerprint density at radius 2 is 1.57 bits per heavy atom. The average Bonchev–Trinajstić information content (AvgIpc) is 3.25. The van der Waals surface area contributed by atoms with Crippen molar-refractivity contribution >= 4 is 5.71 Å². The van der Waals surface area contributed by atoms with Gasteiger partial charge in [0.25, 0.3) is 0 Å². The molecule has 0 saturated heterocycles. The molecule has 0 amide bonds. The number of ether oxygens (including phenoxy) is 2. The summed E-state index contributed by atoms with van der Waals surface area (Å²) in [6.07, 6.45) is -4.41. The molecule has 0 spiro atoms. The monoisotopic (exact) mass is 508 g/mol. The van der Waals surface area contributed by atoms with Gasteiger partial charge in [-0.25, -0.2) is 0 Å². The van der Waals surface area contributed by atoms with E-state index >= 15 is 0 Å². The highest BCUT2D eigenvalue weighted by Crippen LogP contribution is 2.33. The number of hydrogen-bond acceptors (Lipinski definition) is 4. The van der Waals surface area contributed by atoms with Crippen molar-refractivity contribution in [2.24, 2.45) is 5.16 Å². The molecule has 8 heteroatoms. The van der Waals surface area contributed by atoms with Crippen LogP contribution in [0, 0.1) is 6.92 Å². The van der Waals surface area contributed by atoms with Gasteiger partial charge in [-0.3, -0.25) is 0 Å². The van der Waals surface area contributed by atoms with Gasteiger partial charge in [0.05, 0.1) is 31.2 Å². The van der Waals surface area contributed by atoms with E-state index in [0.29, 0.717) is 11.3 Å². The van der Waals surface area contributed by atoms with Crippen LogP contribution in [0.25, 0.3) is 16.9 Å². The van der Waals surface area contributed by atoms with Crippen molar-refractivity contribution < 1.29 is 27.5 Å². The molecule has 0 saturated carbocycles. The van der Waals surface area contributed by atoms with Gasteiger partial charge >= 0.3 is 6.18 Å². The number of rotatable bonds is 8. The summed E-state index contributed by atoms with van der Waals surface area (Å²) in [6.45, 7) is 3.71. The van der Waals surface area contributed by atoms with Gasteiger partial charge in [-0.05, 0) is 79.6 Å². The molecule has 5 nitrogen and oxygen atoms in total. The highest BCUT2D eigenvalue weighted by atomic mass is 19.4. The fraction of sp³-hybridized carbons (Fsp3) is 0.207. The molecule has 0 N–H and O–H groups in total. The first-order chi connectivity index (χ1) is 17.7. The minimum Gasteiger partial charge on any atom is -0.497 e.